The van der Waals surface area contributed by atoms with E-state index in [4.69, 9.17) is 4.74 Å². The molecule has 1 aliphatic carbocycles. The van der Waals surface area contributed by atoms with Crippen LogP contribution >= 0.6 is 11.3 Å². The first kappa shape index (κ1) is 19.3. The monoisotopic (exact) mass is 389 g/mol. The maximum atomic E-state index is 12.5. The molecule has 0 bridgehead atoms. The SMILES string of the molecule is CCN(C(=O)COC(=O)c1sc2ncn(C)c(=O)c2c1C)C1=CCCCC1. The summed E-state index contributed by atoms with van der Waals surface area (Å²) in [6, 6.07) is 0. The van der Waals surface area contributed by atoms with Gasteiger partial charge in [-0.2, -0.15) is 0 Å². The van der Waals surface area contributed by atoms with E-state index in [0.29, 0.717) is 27.2 Å². The standard InChI is InChI=1S/C19H23N3O4S/c1-4-22(13-8-6-5-7-9-13)14(23)10-26-19(25)16-12(2)15-17(27-16)20-11-21(3)18(15)24/h8,11H,4-7,9-10H2,1-3H3. The number of amides is 1. The summed E-state index contributed by atoms with van der Waals surface area (Å²) in [6.07, 6.45) is 7.57. The molecule has 1 aliphatic rings. The molecule has 2 aromatic heterocycles. The molecule has 144 valence electrons. The quantitative estimate of drug-likeness (QED) is 0.735. The Labute approximate surface area is 161 Å². The third-order valence-electron chi connectivity index (χ3n) is 4.75. The van der Waals surface area contributed by atoms with Gasteiger partial charge in [0.05, 0.1) is 11.7 Å². The predicted molar refractivity (Wildman–Crippen MR) is 104 cm³/mol. The molecule has 0 atom stereocenters. The highest BCUT2D eigenvalue weighted by Gasteiger charge is 2.23. The number of hydrogen-bond donors (Lipinski definition) is 0. The summed E-state index contributed by atoms with van der Waals surface area (Å²) in [6.45, 7) is 3.84. The van der Waals surface area contributed by atoms with Gasteiger partial charge in [0.15, 0.2) is 6.61 Å². The first-order valence-electron chi connectivity index (χ1n) is 9.05. The van der Waals surface area contributed by atoms with Crippen LogP contribution in [-0.4, -0.2) is 39.5 Å². The number of thiophene rings is 1. The molecule has 0 N–H and O–H groups in total. The molecular formula is C19H23N3O4S. The first-order chi connectivity index (χ1) is 12.9. The van der Waals surface area contributed by atoms with Gasteiger partial charge in [0, 0.05) is 19.3 Å². The molecule has 0 saturated carbocycles. The van der Waals surface area contributed by atoms with Crippen LogP contribution in [0.15, 0.2) is 22.9 Å². The Bertz CT molecular complexity index is 973. The van der Waals surface area contributed by atoms with Crippen molar-refractivity contribution < 1.29 is 14.3 Å². The lowest BCUT2D eigenvalue weighted by atomic mass is 10.0. The number of carbonyl (C=O) groups is 2. The summed E-state index contributed by atoms with van der Waals surface area (Å²) in [5.74, 6) is -0.827. The third kappa shape index (κ3) is 3.80. The summed E-state index contributed by atoms with van der Waals surface area (Å²) in [4.78, 5) is 44.0. The molecule has 0 saturated heterocycles. The van der Waals surface area contributed by atoms with Crippen molar-refractivity contribution in [2.24, 2.45) is 7.05 Å². The summed E-state index contributed by atoms with van der Waals surface area (Å²) in [7, 11) is 1.61. The zero-order valence-corrected chi connectivity index (χ0v) is 16.6. The fourth-order valence-corrected chi connectivity index (χ4v) is 4.31. The maximum Gasteiger partial charge on any atom is 0.349 e. The molecule has 0 radical (unpaired) electrons. The summed E-state index contributed by atoms with van der Waals surface area (Å²) >= 11 is 1.11. The van der Waals surface area contributed by atoms with E-state index >= 15 is 0 Å². The van der Waals surface area contributed by atoms with Crippen LogP contribution < -0.4 is 5.56 Å². The number of allylic oxidation sites excluding steroid dienone is 2. The molecule has 0 aliphatic heterocycles. The molecule has 2 aromatic rings. The number of nitrogens with zero attached hydrogens (tertiary/aromatic N) is 3. The molecule has 1 amide bonds. The van der Waals surface area contributed by atoms with E-state index < -0.39 is 5.97 Å². The zero-order valence-electron chi connectivity index (χ0n) is 15.8. The van der Waals surface area contributed by atoms with Crippen molar-refractivity contribution in [3.8, 4) is 0 Å². The average Bonchev–Trinajstić information content (AvgIpc) is 3.01. The van der Waals surface area contributed by atoms with Gasteiger partial charge in [0.2, 0.25) is 0 Å². The number of esters is 1. The van der Waals surface area contributed by atoms with Crippen LogP contribution in [0.3, 0.4) is 0 Å². The largest absolute Gasteiger partial charge is 0.451 e. The smallest absolute Gasteiger partial charge is 0.349 e. The maximum absolute atomic E-state index is 12.5. The van der Waals surface area contributed by atoms with E-state index in [1.54, 1.807) is 18.9 Å². The number of likely N-dealkylation sites (N-methyl/N-ethyl adjacent to an activating group) is 1. The van der Waals surface area contributed by atoms with Gasteiger partial charge in [-0.25, -0.2) is 9.78 Å². The van der Waals surface area contributed by atoms with E-state index in [1.807, 2.05) is 6.92 Å². The first-order valence-corrected chi connectivity index (χ1v) is 9.87. The van der Waals surface area contributed by atoms with Crippen molar-refractivity contribution in [1.29, 1.82) is 0 Å². The highest BCUT2D eigenvalue weighted by atomic mass is 32.1. The second-order valence-corrected chi connectivity index (χ2v) is 7.55. The molecule has 7 nitrogen and oxygen atoms in total. The lowest BCUT2D eigenvalue weighted by molar-refractivity contribution is -0.132. The Morgan fingerprint density at radius 3 is 2.81 bits per heavy atom. The van der Waals surface area contributed by atoms with E-state index in [-0.39, 0.29) is 18.1 Å². The molecule has 2 heterocycles. The van der Waals surface area contributed by atoms with Crippen LogP contribution in [0.25, 0.3) is 10.2 Å². The van der Waals surface area contributed by atoms with Gasteiger partial charge in [-0.3, -0.25) is 9.59 Å². The Kier molecular flexibility index (Phi) is 5.74. The number of fused-ring (bicyclic) bond motifs is 1. The second-order valence-electron chi connectivity index (χ2n) is 6.55. The topological polar surface area (TPSA) is 81.5 Å². The van der Waals surface area contributed by atoms with Gasteiger partial charge in [-0.1, -0.05) is 6.08 Å². The zero-order chi connectivity index (χ0) is 19.6. The lowest BCUT2D eigenvalue weighted by Crippen LogP contribution is -2.34. The highest BCUT2D eigenvalue weighted by molar-refractivity contribution is 7.20. The van der Waals surface area contributed by atoms with Gasteiger partial charge >= 0.3 is 5.97 Å². The van der Waals surface area contributed by atoms with E-state index in [9.17, 15) is 14.4 Å². The number of hydrogen-bond acceptors (Lipinski definition) is 6. The lowest BCUT2D eigenvalue weighted by Gasteiger charge is -2.26. The summed E-state index contributed by atoms with van der Waals surface area (Å²) < 4.78 is 6.63. The Hall–Kier alpha value is -2.48. The van der Waals surface area contributed by atoms with Crippen molar-refractivity contribution in [1.82, 2.24) is 14.5 Å². The minimum absolute atomic E-state index is 0.203. The number of ether oxygens (including phenoxy) is 1. The molecule has 0 unspecified atom stereocenters. The van der Waals surface area contributed by atoms with Crippen LogP contribution in [0.2, 0.25) is 0 Å². The van der Waals surface area contributed by atoms with Crippen LogP contribution in [0, 0.1) is 6.92 Å². The van der Waals surface area contributed by atoms with Crippen LogP contribution in [0.5, 0.6) is 0 Å². The van der Waals surface area contributed by atoms with Crippen molar-refractivity contribution in [2.75, 3.05) is 13.2 Å². The minimum atomic E-state index is -0.598. The Morgan fingerprint density at radius 2 is 2.15 bits per heavy atom. The van der Waals surface area contributed by atoms with Gasteiger partial charge in [0.25, 0.3) is 11.5 Å². The van der Waals surface area contributed by atoms with Crippen molar-refractivity contribution >= 4 is 33.4 Å². The average molecular weight is 389 g/mol. The number of carbonyl (C=O) groups excluding carboxylic acids is 2. The number of rotatable bonds is 5. The molecule has 3 rings (SSSR count). The van der Waals surface area contributed by atoms with Crippen LogP contribution in [0.4, 0.5) is 0 Å². The summed E-state index contributed by atoms with van der Waals surface area (Å²) in [5, 5.41) is 0.422. The molecule has 8 heteroatoms. The van der Waals surface area contributed by atoms with Crippen LogP contribution in [-0.2, 0) is 16.6 Å². The Balaban J connectivity index is 1.74. The van der Waals surface area contributed by atoms with E-state index in [1.165, 1.54) is 10.9 Å². The molecule has 0 aromatic carbocycles. The molecule has 27 heavy (non-hydrogen) atoms. The number of aromatic nitrogens is 2. The predicted octanol–water partition coefficient (Wildman–Crippen LogP) is 2.77. The summed E-state index contributed by atoms with van der Waals surface area (Å²) in [5.41, 5.74) is 1.35. The highest BCUT2D eigenvalue weighted by Crippen LogP contribution is 2.27. The fraction of sp³-hybridized carbons (Fsp3) is 0.474. The van der Waals surface area contributed by atoms with Gasteiger partial charge in [0.1, 0.15) is 9.71 Å². The van der Waals surface area contributed by atoms with Crippen molar-refractivity contribution in [2.45, 2.75) is 39.5 Å². The molecule has 0 fully saturated rings. The van der Waals surface area contributed by atoms with Gasteiger partial charge < -0.3 is 14.2 Å². The minimum Gasteiger partial charge on any atom is -0.451 e. The van der Waals surface area contributed by atoms with E-state index in [0.717, 1.165) is 42.7 Å². The molecule has 0 spiro atoms. The third-order valence-corrected chi connectivity index (χ3v) is 5.93. The van der Waals surface area contributed by atoms with Crippen LogP contribution in [0.1, 0.15) is 47.8 Å². The van der Waals surface area contributed by atoms with E-state index in [2.05, 4.69) is 11.1 Å². The number of aryl methyl sites for hydroxylation is 2. The normalized spacial score (nSPS) is 14.1. The van der Waals surface area contributed by atoms with Crippen molar-refractivity contribution in [3.05, 3.63) is 38.9 Å². The molecular weight excluding hydrogens is 366 g/mol. The van der Waals surface area contributed by atoms with Gasteiger partial charge in [-0.05, 0) is 45.1 Å². The second kappa shape index (κ2) is 8.04. The Morgan fingerprint density at radius 1 is 1.37 bits per heavy atom. The fourth-order valence-electron chi connectivity index (χ4n) is 3.28. The van der Waals surface area contributed by atoms with Crippen molar-refractivity contribution in [3.63, 3.8) is 0 Å². The van der Waals surface area contributed by atoms with Gasteiger partial charge in [-0.15, -0.1) is 11.3 Å².